The van der Waals surface area contributed by atoms with Gasteiger partial charge in [-0.1, -0.05) is 18.2 Å². The Hall–Kier alpha value is -1.31. The maximum Gasteiger partial charge on any atom is 0.243 e. The fraction of sp³-hybridized carbons (Fsp3) is 0.300. The minimum atomic E-state index is -0.146. The van der Waals surface area contributed by atoms with Crippen LogP contribution in [0.3, 0.4) is 0 Å². The Morgan fingerprint density at radius 2 is 1.75 bits per heavy atom. The number of carbonyl (C=O) groups is 1. The first-order valence-corrected chi connectivity index (χ1v) is 3.90. The lowest BCUT2D eigenvalue weighted by molar-refractivity contribution is -0.118. The SMILES string of the molecule is CC(=O)[N]c1c(C)cccc1C. The fourth-order valence-electron chi connectivity index (χ4n) is 1.14. The van der Waals surface area contributed by atoms with E-state index < -0.39 is 0 Å². The largest absolute Gasteiger partial charge is 0.273 e. The van der Waals surface area contributed by atoms with Gasteiger partial charge in [0.1, 0.15) is 0 Å². The molecule has 1 aromatic rings. The van der Waals surface area contributed by atoms with Gasteiger partial charge in [-0.15, -0.1) is 0 Å². The number of aryl methyl sites for hydroxylation is 2. The summed E-state index contributed by atoms with van der Waals surface area (Å²) in [5, 5.41) is 3.92. The number of rotatable bonds is 1. The van der Waals surface area contributed by atoms with Crippen molar-refractivity contribution in [2.45, 2.75) is 20.8 Å². The van der Waals surface area contributed by atoms with Crippen molar-refractivity contribution in [3.8, 4) is 0 Å². The highest BCUT2D eigenvalue weighted by Crippen LogP contribution is 2.19. The predicted molar refractivity (Wildman–Crippen MR) is 48.4 cm³/mol. The van der Waals surface area contributed by atoms with Crippen molar-refractivity contribution in [1.29, 1.82) is 0 Å². The standard InChI is InChI=1S/C10H12NO/c1-7-5-4-6-8(2)10(7)11-9(3)12/h4-6H,1-3H3. The normalized spacial score (nSPS) is 9.58. The van der Waals surface area contributed by atoms with E-state index in [1.807, 2.05) is 32.0 Å². The van der Waals surface area contributed by atoms with E-state index in [9.17, 15) is 4.79 Å². The molecular formula is C10H12NO. The average molecular weight is 162 g/mol. The van der Waals surface area contributed by atoms with Crippen molar-refractivity contribution in [1.82, 2.24) is 5.32 Å². The van der Waals surface area contributed by atoms with Gasteiger partial charge in [0.05, 0.1) is 5.69 Å². The van der Waals surface area contributed by atoms with E-state index in [4.69, 9.17) is 0 Å². The van der Waals surface area contributed by atoms with Gasteiger partial charge in [-0.3, -0.25) is 4.79 Å². The van der Waals surface area contributed by atoms with E-state index in [0.29, 0.717) is 0 Å². The van der Waals surface area contributed by atoms with Crippen molar-refractivity contribution in [3.63, 3.8) is 0 Å². The first-order chi connectivity index (χ1) is 5.61. The van der Waals surface area contributed by atoms with Crippen LogP contribution in [-0.4, -0.2) is 5.91 Å². The highest BCUT2D eigenvalue weighted by Gasteiger charge is 2.04. The maximum atomic E-state index is 10.8. The number of hydrogen-bond acceptors (Lipinski definition) is 1. The second-order valence-corrected chi connectivity index (χ2v) is 2.87. The summed E-state index contributed by atoms with van der Waals surface area (Å²) < 4.78 is 0. The molecule has 0 heterocycles. The average Bonchev–Trinajstić information content (AvgIpc) is 1.97. The summed E-state index contributed by atoms with van der Waals surface area (Å²) in [5.74, 6) is -0.146. The molecular weight excluding hydrogens is 150 g/mol. The van der Waals surface area contributed by atoms with Crippen molar-refractivity contribution >= 4 is 11.6 Å². The monoisotopic (exact) mass is 162 g/mol. The van der Waals surface area contributed by atoms with Crippen LogP contribution in [0.25, 0.3) is 0 Å². The van der Waals surface area contributed by atoms with Gasteiger partial charge >= 0.3 is 0 Å². The molecule has 0 fully saturated rings. The molecule has 0 aliphatic heterocycles. The van der Waals surface area contributed by atoms with Gasteiger partial charge in [-0.2, -0.15) is 0 Å². The second-order valence-electron chi connectivity index (χ2n) is 2.87. The molecule has 1 amide bonds. The Kier molecular flexibility index (Phi) is 2.48. The smallest absolute Gasteiger partial charge is 0.243 e. The van der Waals surface area contributed by atoms with Crippen LogP contribution in [0.1, 0.15) is 18.1 Å². The number of amides is 1. The molecule has 1 rings (SSSR count). The predicted octanol–water partition coefficient (Wildman–Crippen LogP) is 2.09. The number of carbonyl (C=O) groups excluding carboxylic acids is 1. The molecule has 1 aromatic carbocycles. The number of nitrogens with zero attached hydrogens (tertiary/aromatic N) is 1. The zero-order valence-electron chi connectivity index (χ0n) is 7.59. The lowest BCUT2D eigenvalue weighted by Crippen LogP contribution is -2.07. The third kappa shape index (κ3) is 1.84. The van der Waals surface area contributed by atoms with E-state index in [1.54, 1.807) is 0 Å². The van der Waals surface area contributed by atoms with E-state index in [-0.39, 0.29) is 5.91 Å². The lowest BCUT2D eigenvalue weighted by Gasteiger charge is -2.05. The second kappa shape index (κ2) is 3.39. The highest BCUT2D eigenvalue weighted by molar-refractivity contribution is 5.79. The zero-order valence-corrected chi connectivity index (χ0v) is 7.59. The Labute approximate surface area is 72.6 Å². The van der Waals surface area contributed by atoms with Crippen LogP contribution in [0, 0.1) is 13.8 Å². The van der Waals surface area contributed by atoms with Gasteiger partial charge in [0.2, 0.25) is 5.91 Å². The lowest BCUT2D eigenvalue weighted by atomic mass is 10.1. The minimum Gasteiger partial charge on any atom is -0.273 e. The molecule has 63 valence electrons. The van der Waals surface area contributed by atoms with Gasteiger partial charge in [-0.25, -0.2) is 5.32 Å². The summed E-state index contributed by atoms with van der Waals surface area (Å²) in [5.41, 5.74) is 2.90. The summed E-state index contributed by atoms with van der Waals surface area (Å²) in [6, 6.07) is 5.87. The molecule has 0 aliphatic carbocycles. The summed E-state index contributed by atoms with van der Waals surface area (Å²) in [4.78, 5) is 10.8. The Balaban J connectivity index is 3.04. The number of hydrogen-bond donors (Lipinski definition) is 0. The van der Waals surface area contributed by atoms with Crippen molar-refractivity contribution in [2.24, 2.45) is 0 Å². The van der Waals surface area contributed by atoms with Gasteiger partial charge in [-0.05, 0) is 25.0 Å². The fourth-order valence-corrected chi connectivity index (χ4v) is 1.14. The van der Waals surface area contributed by atoms with E-state index in [1.165, 1.54) is 6.92 Å². The van der Waals surface area contributed by atoms with Crippen LogP contribution < -0.4 is 5.32 Å². The van der Waals surface area contributed by atoms with E-state index in [0.717, 1.165) is 16.8 Å². The van der Waals surface area contributed by atoms with Gasteiger partial charge in [0, 0.05) is 6.92 Å². The van der Waals surface area contributed by atoms with Crippen LogP contribution in [0.2, 0.25) is 0 Å². The molecule has 0 unspecified atom stereocenters. The highest BCUT2D eigenvalue weighted by atomic mass is 16.1. The van der Waals surface area contributed by atoms with Crippen molar-refractivity contribution in [2.75, 3.05) is 0 Å². The van der Waals surface area contributed by atoms with Crippen LogP contribution in [0.15, 0.2) is 18.2 Å². The quantitative estimate of drug-likeness (QED) is 0.622. The zero-order chi connectivity index (χ0) is 9.14. The van der Waals surface area contributed by atoms with Gasteiger partial charge in [0.25, 0.3) is 0 Å². The topological polar surface area (TPSA) is 31.2 Å². The van der Waals surface area contributed by atoms with E-state index >= 15 is 0 Å². The van der Waals surface area contributed by atoms with Crippen LogP contribution in [0.4, 0.5) is 5.69 Å². The molecule has 0 bridgehead atoms. The third-order valence-corrected chi connectivity index (χ3v) is 1.71. The summed E-state index contributed by atoms with van der Waals surface area (Å²) in [6.07, 6.45) is 0. The van der Waals surface area contributed by atoms with Crippen molar-refractivity contribution < 1.29 is 4.79 Å². The minimum absolute atomic E-state index is 0.146. The molecule has 0 atom stereocenters. The number of para-hydroxylation sites is 1. The molecule has 0 aliphatic rings. The summed E-state index contributed by atoms with van der Waals surface area (Å²) in [7, 11) is 0. The van der Waals surface area contributed by atoms with Crippen LogP contribution in [-0.2, 0) is 4.79 Å². The van der Waals surface area contributed by atoms with Gasteiger partial charge in [0.15, 0.2) is 0 Å². The van der Waals surface area contributed by atoms with Crippen LogP contribution >= 0.6 is 0 Å². The molecule has 12 heavy (non-hydrogen) atoms. The van der Waals surface area contributed by atoms with Crippen molar-refractivity contribution in [3.05, 3.63) is 29.3 Å². The number of benzene rings is 1. The third-order valence-electron chi connectivity index (χ3n) is 1.71. The first kappa shape index (κ1) is 8.78. The molecule has 0 aromatic heterocycles. The molecule has 2 nitrogen and oxygen atoms in total. The Bertz CT molecular complexity index is 284. The maximum absolute atomic E-state index is 10.8. The molecule has 0 saturated carbocycles. The molecule has 0 saturated heterocycles. The first-order valence-electron chi connectivity index (χ1n) is 3.90. The molecule has 2 heteroatoms. The summed E-state index contributed by atoms with van der Waals surface area (Å²) in [6.45, 7) is 5.37. The molecule has 0 N–H and O–H groups in total. The Morgan fingerprint density at radius 1 is 1.25 bits per heavy atom. The van der Waals surface area contributed by atoms with Crippen LogP contribution in [0.5, 0.6) is 0 Å². The van der Waals surface area contributed by atoms with E-state index in [2.05, 4.69) is 5.32 Å². The molecule has 0 spiro atoms. The Morgan fingerprint density at radius 3 is 2.17 bits per heavy atom. The summed E-state index contributed by atoms with van der Waals surface area (Å²) >= 11 is 0. The van der Waals surface area contributed by atoms with Gasteiger partial charge < -0.3 is 0 Å². The molecule has 1 radical (unpaired) electrons.